The molecule has 0 aliphatic heterocycles. The number of nitrogens with zero attached hydrogens (tertiary/aromatic N) is 12. The van der Waals surface area contributed by atoms with Gasteiger partial charge in [-0.15, -0.1) is 0 Å². The van der Waals surface area contributed by atoms with Gasteiger partial charge in [0.15, 0.2) is 0 Å². The number of rotatable bonds is 9. The third-order valence-corrected chi connectivity index (χ3v) is 5.94. The number of nitrogen functional groups attached to an aromatic ring is 1. The SMILES string of the molecule is CCn1cc(Cc2ncc([N+](=O)[O-])c(Nc3cnn(CC)c3)n2)cn1.CCn1cc(N)cn1.O=[N+]([O-])c1cnc(Cl)nc1Cl. The highest BCUT2D eigenvalue weighted by atomic mass is 35.5. The second-order valence-corrected chi connectivity index (χ2v) is 9.27. The standard InChI is InChI=1S/C15H18N8O2.C5H9N3.C4HCl2N3O2/c1-3-21-9-11(6-17-21)5-14-16-8-13(23(24)25)15(20-14)19-12-7-18-22(4-2)10-12;1-2-8-4-5(6)3-7-8;5-3-2(9(10)11)1-7-4(6)8-3/h6-10H,3-5H2,1-2H3,(H,16,19,20);3-4H,2,6H2,1H3;1H. The molecule has 18 nitrogen and oxygen atoms in total. The number of hydrogen-bond acceptors (Lipinski definition) is 13. The molecule has 0 aromatic carbocycles. The first-order valence-electron chi connectivity index (χ1n) is 12.9. The van der Waals surface area contributed by atoms with E-state index in [9.17, 15) is 20.2 Å². The molecule has 0 amide bonds. The Bertz CT molecular complexity index is 1700. The van der Waals surface area contributed by atoms with Crippen molar-refractivity contribution in [3.8, 4) is 0 Å². The molecule has 44 heavy (non-hydrogen) atoms. The van der Waals surface area contributed by atoms with Crippen LogP contribution in [0.25, 0.3) is 0 Å². The van der Waals surface area contributed by atoms with Gasteiger partial charge in [-0.05, 0) is 37.9 Å². The fourth-order valence-corrected chi connectivity index (χ4v) is 3.70. The summed E-state index contributed by atoms with van der Waals surface area (Å²) in [6, 6.07) is 0. The van der Waals surface area contributed by atoms with Crippen LogP contribution in [0.3, 0.4) is 0 Å². The maximum absolute atomic E-state index is 11.2. The van der Waals surface area contributed by atoms with E-state index in [0.29, 0.717) is 24.5 Å². The minimum atomic E-state index is -0.682. The summed E-state index contributed by atoms with van der Waals surface area (Å²) in [5.41, 5.74) is 7.14. The molecule has 0 aliphatic rings. The van der Waals surface area contributed by atoms with E-state index in [0.717, 1.165) is 30.5 Å². The molecule has 5 aromatic heterocycles. The Morgan fingerprint density at radius 3 is 1.91 bits per heavy atom. The quantitative estimate of drug-likeness (QED) is 0.0983. The van der Waals surface area contributed by atoms with Crippen LogP contribution in [0.1, 0.15) is 32.2 Å². The Hall–Kier alpha value is -5.23. The van der Waals surface area contributed by atoms with E-state index in [1.165, 1.54) is 6.20 Å². The van der Waals surface area contributed by atoms with E-state index in [1.807, 2.05) is 27.0 Å². The number of halogens is 2. The van der Waals surface area contributed by atoms with Crippen molar-refractivity contribution >= 4 is 51.8 Å². The highest BCUT2D eigenvalue weighted by Crippen LogP contribution is 2.25. The molecule has 0 spiro atoms. The summed E-state index contributed by atoms with van der Waals surface area (Å²) >= 11 is 10.6. The van der Waals surface area contributed by atoms with Crippen molar-refractivity contribution in [3.63, 3.8) is 0 Å². The van der Waals surface area contributed by atoms with Gasteiger partial charge in [-0.3, -0.25) is 34.3 Å². The van der Waals surface area contributed by atoms with E-state index in [2.05, 4.69) is 40.5 Å². The fourth-order valence-electron chi connectivity index (χ4n) is 3.32. The molecule has 5 rings (SSSR count). The average Bonchev–Trinajstić information content (AvgIpc) is 3.75. The molecular formula is C24H28Cl2N14O4. The Kier molecular flexibility index (Phi) is 12.0. The number of nitro groups is 2. The predicted molar refractivity (Wildman–Crippen MR) is 162 cm³/mol. The Labute approximate surface area is 260 Å². The summed E-state index contributed by atoms with van der Waals surface area (Å²) in [5, 5.41) is 36.2. The highest BCUT2D eigenvalue weighted by Gasteiger charge is 2.18. The van der Waals surface area contributed by atoms with Crippen molar-refractivity contribution in [1.82, 2.24) is 49.3 Å². The van der Waals surface area contributed by atoms with E-state index in [1.54, 1.807) is 45.0 Å². The summed E-state index contributed by atoms with van der Waals surface area (Å²) in [4.78, 5) is 35.4. The molecule has 0 radical (unpaired) electrons. The van der Waals surface area contributed by atoms with E-state index >= 15 is 0 Å². The van der Waals surface area contributed by atoms with Gasteiger partial charge in [-0.2, -0.15) is 20.3 Å². The van der Waals surface area contributed by atoms with Crippen LogP contribution in [0.15, 0.2) is 49.6 Å². The van der Waals surface area contributed by atoms with Gasteiger partial charge in [0.2, 0.25) is 16.3 Å². The molecule has 232 valence electrons. The maximum atomic E-state index is 11.2. The van der Waals surface area contributed by atoms with Gasteiger partial charge in [0.1, 0.15) is 18.2 Å². The van der Waals surface area contributed by atoms with Crippen LogP contribution >= 0.6 is 23.2 Å². The highest BCUT2D eigenvalue weighted by molar-refractivity contribution is 6.33. The van der Waals surface area contributed by atoms with Gasteiger partial charge in [0, 0.05) is 44.6 Å². The first-order chi connectivity index (χ1) is 21.0. The first kappa shape index (κ1) is 33.3. The topological polar surface area (TPSA) is 229 Å². The number of aromatic nitrogens is 10. The van der Waals surface area contributed by atoms with Gasteiger partial charge < -0.3 is 11.1 Å². The lowest BCUT2D eigenvalue weighted by Crippen LogP contribution is -2.04. The number of nitrogens with two attached hydrogens (primary N) is 1. The third kappa shape index (κ3) is 9.66. The minimum Gasteiger partial charge on any atom is -0.396 e. The molecule has 0 aliphatic carbocycles. The molecule has 0 fully saturated rings. The van der Waals surface area contributed by atoms with Crippen LogP contribution in [-0.2, 0) is 26.1 Å². The second-order valence-electron chi connectivity index (χ2n) is 8.57. The lowest BCUT2D eigenvalue weighted by molar-refractivity contribution is -0.385. The van der Waals surface area contributed by atoms with Crippen molar-refractivity contribution in [2.75, 3.05) is 11.1 Å². The predicted octanol–water partition coefficient (Wildman–Crippen LogP) is 4.33. The van der Waals surface area contributed by atoms with Crippen LogP contribution in [0.4, 0.5) is 28.6 Å². The summed E-state index contributed by atoms with van der Waals surface area (Å²) in [5.74, 6) is 0.625. The van der Waals surface area contributed by atoms with Gasteiger partial charge >= 0.3 is 11.4 Å². The molecule has 0 saturated carbocycles. The lowest BCUT2D eigenvalue weighted by Gasteiger charge is -2.05. The van der Waals surface area contributed by atoms with Crippen LogP contribution in [0.5, 0.6) is 0 Å². The molecule has 5 aromatic rings. The maximum Gasteiger partial charge on any atom is 0.329 e. The molecule has 0 bridgehead atoms. The monoisotopic (exact) mass is 646 g/mol. The van der Waals surface area contributed by atoms with Crippen molar-refractivity contribution in [3.05, 3.63) is 91.6 Å². The Morgan fingerprint density at radius 1 is 0.795 bits per heavy atom. The molecule has 5 heterocycles. The van der Waals surface area contributed by atoms with Crippen LogP contribution in [-0.4, -0.2) is 59.1 Å². The molecule has 0 atom stereocenters. The number of hydrogen-bond donors (Lipinski definition) is 2. The van der Waals surface area contributed by atoms with Crippen molar-refractivity contribution in [2.45, 2.75) is 46.8 Å². The van der Waals surface area contributed by atoms with E-state index in [4.69, 9.17) is 28.9 Å². The zero-order valence-corrected chi connectivity index (χ0v) is 25.3. The number of nitrogens with one attached hydrogen (secondary N) is 1. The summed E-state index contributed by atoms with van der Waals surface area (Å²) < 4.78 is 5.31. The average molecular weight is 647 g/mol. The van der Waals surface area contributed by atoms with E-state index in [-0.39, 0.29) is 27.6 Å². The van der Waals surface area contributed by atoms with Crippen LogP contribution in [0.2, 0.25) is 10.4 Å². The second kappa shape index (κ2) is 15.8. The number of anilines is 3. The summed E-state index contributed by atoms with van der Waals surface area (Å²) in [6.45, 7) is 8.34. The van der Waals surface area contributed by atoms with Gasteiger partial charge in [-0.25, -0.2) is 15.0 Å². The van der Waals surface area contributed by atoms with Crippen molar-refractivity contribution < 1.29 is 9.85 Å². The van der Waals surface area contributed by atoms with Gasteiger partial charge in [0.05, 0.1) is 39.8 Å². The molecule has 0 unspecified atom stereocenters. The van der Waals surface area contributed by atoms with Crippen LogP contribution < -0.4 is 11.1 Å². The molecular weight excluding hydrogens is 619 g/mol. The van der Waals surface area contributed by atoms with E-state index < -0.39 is 9.85 Å². The minimum absolute atomic E-state index is 0.111. The fraction of sp³-hybridized carbons (Fsp3) is 0.292. The summed E-state index contributed by atoms with van der Waals surface area (Å²) in [7, 11) is 0. The normalized spacial score (nSPS) is 10.3. The molecule has 0 saturated heterocycles. The smallest absolute Gasteiger partial charge is 0.329 e. The zero-order valence-electron chi connectivity index (χ0n) is 23.8. The Balaban J connectivity index is 0.000000227. The molecule has 3 N–H and O–H groups in total. The first-order valence-corrected chi connectivity index (χ1v) is 13.7. The largest absolute Gasteiger partial charge is 0.396 e. The lowest BCUT2D eigenvalue weighted by atomic mass is 10.2. The van der Waals surface area contributed by atoms with Gasteiger partial charge in [-0.1, -0.05) is 11.6 Å². The zero-order chi connectivity index (χ0) is 32.2. The third-order valence-electron chi connectivity index (χ3n) is 5.48. The van der Waals surface area contributed by atoms with Gasteiger partial charge in [0.25, 0.3) is 0 Å². The summed E-state index contributed by atoms with van der Waals surface area (Å²) in [6.07, 6.45) is 13.1. The van der Waals surface area contributed by atoms with Crippen molar-refractivity contribution in [2.24, 2.45) is 0 Å². The molecule has 20 heteroatoms. The number of aryl methyl sites for hydroxylation is 3. The Morgan fingerprint density at radius 2 is 1.39 bits per heavy atom. The van der Waals surface area contributed by atoms with Crippen LogP contribution in [0, 0.1) is 20.2 Å². The van der Waals surface area contributed by atoms with Crippen molar-refractivity contribution in [1.29, 1.82) is 0 Å².